The Bertz CT molecular complexity index is 488. The van der Waals surface area contributed by atoms with E-state index in [9.17, 15) is 9.90 Å². The van der Waals surface area contributed by atoms with Crippen molar-refractivity contribution in [3.8, 4) is 0 Å². The molecule has 1 heterocycles. The number of aliphatic hydroxyl groups is 1. The van der Waals surface area contributed by atoms with Crippen LogP contribution in [0.2, 0.25) is 0 Å². The van der Waals surface area contributed by atoms with Crippen LogP contribution in [0.1, 0.15) is 30.5 Å². The van der Waals surface area contributed by atoms with Gasteiger partial charge in [0.1, 0.15) is 5.60 Å². The number of aryl methyl sites for hydroxylation is 2. The third-order valence-electron chi connectivity index (χ3n) is 4.28. The fraction of sp³-hybridized carbons (Fsp3) is 0.562. The molecule has 0 saturated carbocycles. The van der Waals surface area contributed by atoms with Gasteiger partial charge in [-0.1, -0.05) is 32.0 Å². The molecule has 1 aromatic rings. The van der Waals surface area contributed by atoms with Crippen LogP contribution in [-0.2, 0) is 11.2 Å². The van der Waals surface area contributed by atoms with Crippen LogP contribution in [0.25, 0.3) is 0 Å². The van der Waals surface area contributed by atoms with Crippen molar-refractivity contribution in [2.45, 2.75) is 39.7 Å². The molecule has 0 aromatic heterocycles. The van der Waals surface area contributed by atoms with Crippen molar-refractivity contribution < 1.29 is 9.90 Å². The number of carbonyl (C=O) groups is 1. The summed E-state index contributed by atoms with van der Waals surface area (Å²) in [7, 11) is 0. The molecule has 0 bridgehead atoms. The van der Waals surface area contributed by atoms with Gasteiger partial charge in [0.25, 0.3) is 0 Å². The first-order valence-electron chi connectivity index (χ1n) is 6.88. The van der Waals surface area contributed by atoms with Crippen LogP contribution in [0.5, 0.6) is 0 Å². The molecule has 104 valence electrons. The normalized spacial score (nSPS) is 17.5. The van der Waals surface area contributed by atoms with Gasteiger partial charge in [0, 0.05) is 0 Å². The van der Waals surface area contributed by atoms with Crippen LogP contribution in [0.15, 0.2) is 18.2 Å². The van der Waals surface area contributed by atoms with Crippen molar-refractivity contribution >= 4 is 5.91 Å². The standard InChI is InChI=1S/C16H23NO2/c1-11(2)16(19)9-17(10-16)15(18)8-14-6-5-12(3)13(4)7-14/h5-7,11,19H,8-10H2,1-4H3. The summed E-state index contributed by atoms with van der Waals surface area (Å²) in [5.41, 5.74) is 2.83. The van der Waals surface area contributed by atoms with Crippen molar-refractivity contribution in [2.75, 3.05) is 13.1 Å². The van der Waals surface area contributed by atoms with E-state index >= 15 is 0 Å². The summed E-state index contributed by atoms with van der Waals surface area (Å²) in [6.07, 6.45) is 0.426. The predicted octanol–water partition coefficient (Wildman–Crippen LogP) is 2.08. The fourth-order valence-electron chi connectivity index (χ4n) is 2.36. The number of likely N-dealkylation sites (tertiary alicyclic amines) is 1. The molecule has 0 unspecified atom stereocenters. The van der Waals surface area contributed by atoms with Crippen LogP contribution in [0, 0.1) is 19.8 Å². The second-order valence-corrected chi connectivity index (χ2v) is 6.10. The molecular formula is C16H23NO2. The summed E-state index contributed by atoms with van der Waals surface area (Å²) in [4.78, 5) is 13.9. The summed E-state index contributed by atoms with van der Waals surface area (Å²) in [5.74, 6) is 0.298. The van der Waals surface area contributed by atoms with Crippen LogP contribution in [0.4, 0.5) is 0 Å². The van der Waals surface area contributed by atoms with Gasteiger partial charge in [-0.05, 0) is 36.5 Å². The highest BCUT2D eigenvalue weighted by Gasteiger charge is 2.45. The smallest absolute Gasteiger partial charge is 0.227 e. The van der Waals surface area contributed by atoms with E-state index in [0.717, 1.165) is 5.56 Å². The van der Waals surface area contributed by atoms with E-state index in [-0.39, 0.29) is 11.8 Å². The van der Waals surface area contributed by atoms with Gasteiger partial charge >= 0.3 is 0 Å². The molecule has 2 rings (SSSR count). The summed E-state index contributed by atoms with van der Waals surface area (Å²) in [6, 6.07) is 6.13. The summed E-state index contributed by atoms with van der Waals surface area (Å²) >= 11 is 0. The third-order valence-corrected chi connectivity index (χ3v) is 4.28. The summed E-state index contributed by atoms with van der Waals surface area (Å²) in [5, 5.41) is 10.2. The van der Waals surface area contributed by atoms with Crippen molar-refractivity contribution in [1.82, 2.24) is 4.90 Å². The largest absolute Gasteiger partial charge is 0.386 e. The lowest BCUT2D eigenvalue weighted by Gasteiger charge is -2.49. The number of nitrogens with zero attached hydrogens (tertiary/aromatic N) is 1. The first-order chi connectivity index (χ1) is 8.82. The van der Waals surface area contributed by atoms with Crippen molar-refractivity contribution in [1.29, 1.82) is 0 Å². The number of β-amino-alcohol motifs (C(OH)–C–C–N with tert-alkyl or cyclic N) is 1. The quantitative estimate of drug-likeness (QED) is 0.905. The Balaban J connectivity index is 1.94. The zero-order valence-electron chi connectivity index (χ0n) is 12.2. The Morgan fingerprint density at radius 2 is 1.95 bits per heavy atom. The van der Waals surface area contributed by atoms with Gasteiger partial charge in [-0.3, -0.25) is 4.79 Å². The maximum Gasteiger partial charge on any atom is 0.227 e. The zero-order chi connectivity index (χ0) is 14.2. The molecule has 0 aliphatic carbocycles. The first kappa shape index (κ1) is 14.1. The molecule has 0 atom stereocenters. The van der Waals surface area contributed by atoms with Gasteiger partial charge in [0.15, 0.2) is 0 Å². The van der Waals surface area contributed by atoms with E-state index in [1.165, 1.54) is 11.1 Å². The van der Waals surface area contributed by atoms with E-state index in [1.54, 1.807) is 4.90 Å². The molecule has 1 aromatic carbocycles. The number of carbonyl (C=O) groups excluding carboxylic acids is 1. The van der Waals surface area contributed by atoms with Crippen LogP contribution in [-0.4, -0.2) is 34.6 Å². The van der Waals surface area contributed by atoms with Gasteiger partial charge in [0.2, 0.25) is 5.91 Å². The molecule has 1 amide bonds. The molecule has 3 heteroatoms. The minimum absolute atomic E-state index is 0.105. The molecule has 0 radical (unpaired) electrons. The van der Waals surface area contributed by atoms with E-state index in [1.807, 2.05) is 19.9 Å². The van der Waals surface area contributed by atoms with Crippen LogP contribution >= 0.6 is 0 Å². The average molecular weight is 261 g/mol. The van der Waals surface area contributed by atoms with Crippen LogP contribution < -0.4 is 0 Å². The van der Waals surface area contributed by atoms with Crippen LogP contribution in [0.3, 0.4) is 0 Å². The molecule has 1 aliphatic rings. The minimum atomic E-state index is -0.682. The highest BCUT2D eigenvalue weighted by Crippen LogP contribution is 2.29. The molecule has 1 saturated heterocycles. The van der Waals surface area contributed by atoms with E-state index in [0.29, 0.717) is 19.5 Å². The highest BCUT2D eigenvalue weighted by atomic mass is 16.3. The lowest BCUT2D eigenvalue weighted by molar-refractivity contribution is -0.163. The second-order valence-electron chi connectivity index (χ2n) is 6.10. The van der Waals surface area contributed by atoms with Gasteiger partial charge < -0.3 is 10.0 Å². The number of hydrogen-bond donors (Lipinski definition) is 1. The van der Waals surface area contributed by atoms with Gasteiger partial charge in [-0.25, -0.2) is 0 Å². The van der Waals surface area contributed by atoms with Gasteiger partial charge in [-0.15, -0.1) is 0 Å². The molecule has 19 heavy (non-hydrogen) atoms. The molecule has 3 nitrogen and oxygen atoms in total. The zero-order valence-corrected chi connectivity index (χ0v) is 12.2. The Hall–Kier alpha value is -1.35. The Labute approximate surface area is 115 Å². The summed E-state index contributed by atoms with van der Waals surface area (Å²) < 4.78 is 0. The lowest BCUT2D eigenvalue weighted by Crippen LogP contribution is -2.66. The average Bonchev–Trinajstić information content (AvgIpc) is 2.29. The second kappa shape index (κ2) is 4.97. The Morgan fingerprint density at radius 3 is 2.47 bits per heavy atom. The molecule has 0 spiro atoms. The Morgan fingerprint density at radius 1 is 1.32 bits per heavy atom. The van der Waals surface area contributed by atoms with Gasteiger partial charge in [0.05, 0.1) is 19.5 Å². The minimum Gasteiger partial charge on any atom is -0.386 e. The van der Waals surface area contributed by atoms with E-state index in [2.05, 4.69) is 26.0 Å². The summed E-state index contributed by atoms with van der Waals surface area (Å²) in [6.45, 7) is 9.04. The number of amides is 1. The van der Waals surface area contributed by atoms with Crippen molar-refractivity contribution in [3.63, 3.8) is 0 Å². The van der Waals surface area contributed by atoms with Crippen molar-refractivity contribution in [2.24, 2.45) is 5.92 Å². The topological polar surface area (TPSA) is 40.5 Å². The van der Waals surface area contributed by atoms with Crippen molar-refractivity contribution in [3.05, 3.63) is 34.9 Å². The lowest BCUT2D eigenvalue weighted by atomic mass is 9.82. The number of rotatable bonds is 3. The molecule has 1 fully saturated rings. The molecule has 1 aliphatic heterocycles. The molecule has 1 N–H and O–H groups in total. The maximum atomic E-state index is 12.1. The highest BCUT2D eigenvalue weighted by molar-refractivity contribution is 5.80. The fourth-order valence-corrected chi connectivity index (χ4v) is 2.36. The monoisotopic (exact) mass is 261 g/mol. The predicted molar refractivity (Wildman–Crippen MR) is 76.0 cm³/mol. The van der Waals surface area contributed by atoms with E-state index in [4.69, 9.17) is 0 Å². The first-order valence-corrected chi connectivity index (χ1v) is 6.88. The third kappa shape index (κ3) is 2.81. The SMILES string of the molecule is Cc1ccc(CC(=O)N2CC(O)(C(C)C)C2)cc1C. The van der Waals surface area contributed by atoms with Gasteiger partial charge in [-0.2, -0.15) is 0 Å². The Kier molecular flexibility index (Phi) is 3.68. The number of benzene rings is 1. The number of hydrogen-bond acceptors (Lipinski definition) is 2. The molecular weight excluding hydrogens is 238 g/mol. The van der Waals surface area contributed by atoms with E-state index < -0.39 is 5.60 Å². The maximum absolute atomic E-state index is 12.1.